The van der Waals surface area contributed by atoms with Gasteiger partial charge in [0, 0.05) is 17.6 Å². The van der Waals surface area contributed by atoms with Crippen molar-refractivity contribution in [2.45, 2.75) is 39.2 Å². The molecule has 0 spiro atoms. The van der Waals surface area contributed by atoms with Crippen LogP contribution in [0.4, 0.5) is 5.69 Å². The molecule has 2 unspecified atom stereocenters. The molecule has 1 fully saturated rings. The molecule has 1 saturated carbocycles. The van der Waals surface area contributed by atoms with Crippen molar-refractivity contribution in [3.05, 3.63) is 23.3 Å². The molecule has 0 aromatic heterocycles. The Labute approximate surface area is 107 Å². The number of carbonyl (C=O) groups is 1. The Bertz CT molecular complexity index is 471. The van der Waals surface area contributed by atoms with Gasteiger partial charge in [-0.15, -0.1) is 0 Å². The first-order valence-electron chi connectivity index (χ1n) is 6.34. The molecular formula is C14H20N2O2. The van der Waals surface area contributed by atoms with Gasteiger partial charge in [-0.3, -0.25) is 4.79 Å². The van der Waals surface area contributed by atoms with Crippen LogP contribution in [0.15, 0.2) is 12.1 Å². The monoisotopic (exact) mass is 248 g/mol. The number of nitrogens with one attached hydrogen (secondary N) is 1. The van der Waals surface area contributed by atoms with E-state index in [0.29, 0.717) is 0 Å². The number of amides is 1. The van der Waals surface area contributed by atoms with Crippen LogP contribution in [0.25, 0.3) is 0 Å². The molecule has 0 heterocycles. The van der Waals surface area contributed by atoms with E-state index >= 15 is 0 Å². The molecule has 1 aromatic carbocycles. The summed E-state index contributed by atoms with van der Waals surface area (Å²) in [5.41, 5.74) is 8.22. The lowest BCUT2D eigenvalue weighted by atomic mass is 10.1. The highest BCUT2D eigenvalue weighted by Gasteiger charge is 2.27. The minimum absolute atomic E-state index is 0.0218. The van der Waals surface area contributed by atoms with Crippen molar-refractivity contribution in [3.8, 4) is 5.75 Å². The highest BCUT2D eigenvalue weighted by Crippen LogP contribution is 2.28. The van der Waals surface area contributed by atoms with Gasteiger partial charge in [0.25, 0.3) is 0 Å². The zero-order valence-electron chi connectivity index (χ0n) is 10.9. The Kier molecular flexibility index (Phi) is 3.57. The molecule has 1 amide bonds. The fourth-order valence-electron chi connectivity index (χ4n) is 2.42. The molecule has 0 saturated heterocycles. The third-order valence-corrected chi connectivity index (χ3v) is 3.64. The van der Waals surface area contributed by atoms with Crippen LogP contribution in [-0.2, 0) is 4.79 Å². The largest absolute Gasteiger partial charge is 0.508 e. The van der Waals surface area contributed by atoms with E-state index in [-0.39, 0.29) is 23.6 Å². The molecule has 1 aliphatic rings. The summed E-state index contributed by atoms with van der Waals surface area (Å²) >= 11 is 0. The normalized spacial score (nSPS) is 23.1. The van der Waals surface area contributed by atoms with Crippen LogP contribution in [0.1, 0.15) is 30.4 Å². The Morgan fingerprint density at radius 3 is 2.67 bits per heavy atom. The second kappa shape index (κ2) is 4.98. The number of hydrogen-bond donors (Lipinski definition) is 3. The van der Waals surface area contributed by atoms with E-state index in [0.717, 1.165) is 36.1 Å². The molecule has 18 heavy (non-hydrogen) atoms. The Hall–Kier alpha value is -1.55. The zero-order valence-corrected chi connectivity index (χ0v) is 10.9. The molecule has 0 bridgehead atoms. The molecule has 2 rings (SSSR count). The predicted octanol–water partition coefficient (Wildman–Crippen LogP) is 2.07. The topological polar surface area (TPSA) is 75.4 Å². The van der Waals surface area contributed by atoms with Gasteiger partial charge in [-0.1, -0.05) is 0 Å². The lowest BCUT2D eigenvalue weighted by Crippen LogP contribution is -2.23. The average Bonchev–Trinajstić information content (AvgIpc) is 2.73. The summed E-state index contributed by atoms with van der Waals surface area (Å²) in [7, 11) is 0. The first kappa shape index (κ1) is 12.9. The first-order valence-corrected chi connectivity index (χ1v) is 6.34. The van der Waals surface area contributed by atoms with Crippen LogP contribution < -0.4 is 11.1 Å². The van der Waals surface area contributed by atoms with E-state index in [9.17, 15) is 9.90 Å². The fraction of sp³-hybridized carbons (Fsp3) is 0.500. The number of rotatable bonds is 2. The maximum Gasteiger partial charge on any atom is 0.227 e. The lowest BCUT2D eigenvalue weighted by Gasteiger charge is -2.14. The second-order valence-electron chi connectivity index (χ2n) is 5.21. The number of aryl methyl sites for hydroxylation is 2. The molecule has 98 valence electrons. The quantitative estimate of drug-likeness (QED) is 0.701. The molecule has 1 aromatic rings. The highest BCUT2D eigenvalue weighted by molar-refractivity contribution is 5.93. The second-order valence-corrected chi connectivity index (χ2v) is 5.21. The van der Waals surface area contributed by atoms with E-state index in [1.165, 1.54) is 0 Å². The highest BCUT2D eigenvalue weighted by atomic mass is 16.3. The van der Waals surface area contributed by atoms with Gasteiger partial charge in [0.05, 0.1) is 0 Å². The van der Waals surface area contributed by atoms with Crippen molar-refractivity contribution in [2.24, 2.45) is 11.7 Å². The number of aromatic hydroxyl groups is 1. The van der Waals surface area contributed by atoms with Crippen molar-refractivity contribution in [2.75, 3.05) is 5.32 Å². The smallest absolute Gasteiger partial charge is 0.227 e. The fourth-order valence-corrected chi connectivity index (χ4v) is 2.42. The Balaban J connectivity index is 2.09. The molecule has 4 nitrogen and oxygen atoms in total. The van der Waals surface area contributed by atoms with Crippen LogP contribution >= 0.6 is 0 Å². The van der Waals surface area contributed by atoms with E-state index in [1.807, 2.05) is 13.8 Å². The van der Waals surface area contributed by atoms with Gasteiger partial charge in [0.2, 0.25) is 5.91 Å². The van der Waals surface area contributed by atoms with Gasteiger partial charge in [0.1, 0.15) is 5.75 Å². The number of benzene rings is 1. The van der Waals surface area contributed by atoms with Crippen LogP contribution in [0, 0.1) is 19.8 Å². The molecule has 1 aliphatic carbocycles. The summed E-state index contributed by atoms with van der Waals surface area (Å²) in [6, 6.07) is 3.63. The van der Waals surface area contributed by atoms with Crippen molar-refractivity contribution in [3.63, 3.8) is 0 Å². The number of carbonyl (C=O) groups excluding carboxylic acids is 1. The number of nitrogens with two attached hydrogens (primary N) is 1. The predicted molar refractivity (Wildman–Crippen MR) is 71.5 cm³/mol. The van der Waals surface area contributed by atoms with Crippen molar-refractivity contribution in [1.82, 2.24) is 0 Å². The third kappa shape index (κ3) is 2.64. The maximum absolute atomic E-state index is 12.1. The molecule has 0 aliphatic heterocycles. The van der Waals surface area contributed by atoms with Crippen molar-refractivity contribution in [1.29, 1.82) is 0 Å². The van der Waals surface area contributed by atoms with E-state index < -0.39 is 0 Å². The molecule has 4 heteroatoms. The van der Waals surface area contributed by atoms with Gasteiger partial charge in [0.15, 0.2) is 0 Å². The summed E-state index contributed by atoms with van der Waals surface area (Å²) < 4.78 is 0. The van der Waals surface area contributed by atoms with Gasteiger partial charge in [-0.2, -0.15) is 0 Å². The van der Waals surface area contributed by atoms with Gasteiger partial charge in [-0.05, 0) is 56.4 Å². The SMILES string of the molecule is Cc1cc(NC(=O)C2CCC(N)C2)c(C)cc1O. The van der Waals surface area contributed by atoms with Crippen molar-refractivity contribution >= 4 is 11.6 Å². The number of hydrogen-bond acceptors (Lipinski definition) is 3. The van der Waals surface area contributed by atoms with E-state index in [4.69, 9.17) is 5.73 Å². The summed E-state index contributed by atoms with van der Waals surface area (Å²) in [4.78, 5) is 12.1. The van der Waals surface area contributed by atoms with Crippen LogP contribution in [0.2, 0.25) is 0 Å². The maximum atomic E-state index is 12.1. The zero-order chi connectivity index (χ0) is 13.3. The summed E-state index contributed by atoms with van der Waals surface area (Å²) in [5, 5.41) is 12.5. The molecule has 4 N–H and O–H groups in total. The van der Waals surface area contributed by atoms with Crippen LogP contribution in [-0.4, -0.2) is 17.1 Å². The molecule has 2 atom stereocenters. The summed E-state index contributed by atoms with van der Waals surface area (Å²) in [5.74, 6) is 0.318. The third-order valence-electron chi connectivity index (χ3n) is 3.64. The Morgan fingerprint density at radius 2 is 2.06 bits per heavy atom. The number of phenolic OH excluding ortho intramolecular Hbond substituents is 1. The summed E-state index contributed by atoms with van der Waals surface area (Å²) in [6.07, 6.45) is 2.55. The first-order chi connectivity index (χ1) is 8.47. The standard InChI is InChI=1S/C14H20N2O2/c1-8-6-13(17)9(2)5-12(8)16-14(18)10-3-4-11(15)7-10/h5-6,10-11,17H,3-4,7,15H2,1-2H3,(H,16,18). The number of phenols is 1. The molecular weight excluding hydrogens is 228 g/mol. The number of anilines is 1. The van der Waals surface area contributed by atoms with Crippen LogP contribution in [0.5, 0.6) is 5.75 Å². The van der Waals surface area contributed by atoms with Crippen LogP contribution in [0.3, 0.4) is 0 Å². The minimum Gasteiger partial charge on any atom is -0.508 e. The average molecular weight is 248 g/mol. The van der Waals surface area contributed by atoms with E-state index in [2.05, 4.69) is 5.32 Å². The lowest BCUT2D eigenvalue weighted by molar-refractivity contribution is -0.119. The summed E-state index contributed by atoms with van der Waals surface area (Å²) in [6.45, 7) is 3.69. The molecule has 0 radical (unpaired) electrons. The Morgan fingerprint density at radius 1 is 1.33 bits per heavy atom. The van der Waals surface area contributed by atoms with Gasteiger partial charge < -0.3 is 16.2 Å². The minimum atomic E-state index is 0.0218. The van der Waals surface area contributed by atoms with Gasteiger partial charge in [-0.25, -0.2) is 0 Å². The van der Waals surface area contributed by atoms with Crippen molar-refractivity contribution < 1.29 is 9.90 Å². The van der Waals surface area contributed by atoms with Gasteiger partial charge >= 0.3 is 0 Å². The van der Waals surface area contributed by atoms with E-state index in [1.54, 1.807) is 12.1 Å².